The van der Waals surface area contributed by atoms with Crippen LogP contribution in [-0.4, -0.2) is 45.8 Å². The molecular formula is C25H29Cl2N3O3. The molecule has 1 atom stereocenters. The van der Waals surface area contributed by atoms with Crippen molar-refractivity contribution < 1.29 is 14.3 Å². The minimum Gasteiger partial charge on any atom is -0.464 e. The molecule has 0 aliphatic carbocycles. The maximum atomic E-state index is 12.5. The SMILES string of the molecule is CC(C)(C)OC(=O)N1CCC[C@@H](COc2nc3ccccc3n2Cc2cc(Cl)ccc2Cl)C1. The van der Waals surface area contributed by atoms with E-state index in [0.717, 1.165) is 29.4 Å². The van der Waals surface area contributed by atoms with Crippen LogP contribution >= 0.6 is 23.2 Å². The van der Waals surface area contributed by atoms with Crippen LogP contribution in [-0.2, 0) is 11.3 Å². The summed E-state index contributed by atoms with van der Waals surface area (Å²) in [4.78, 5) is 19.0. The maximum absolute atomic E-state index is 12.5. The van der Waals surface area contributed by atoms with E-state index in [1.165, 1.54) is 0 Å². The number of benzene rings is 2. The van der Waals surface area contributed by atoms with Crippen molar-refractivity contribution in [3.8, 4) is 6.01 Å². The third kappa shape index (κ3) is 5.92. The molecule has 0 unspecified atom stereocenters. The normalized spacial score (nSPS) is 16.8. The number of hydrogen-bond donors (Lipinski definition) is 0. The van der Waals surface area contributed by atoms with Crippen molar-refractivity contribution in [2.45, 2.75) is 45.8 Å². The van der Waals surface area contributed by atoms with Gasteiger partial charge in [0.15, 0.2) is 0 Å². The summed E-state index contributed by atoms with van der Waals surface area (Å²) in [5, 5.41) is 1.27. The topological polar surface area (TPSA) is 56.6 Å². The first-order valence-electron chi connectivity index (χ1n) is 11.2. The molecule has 6 nitrogen and oxygen atoms in total. The molecule has 0 N–H and O–H groups in total. The zero-order chi connectivity index (χ0) is 23.6. The molecule has 0 spiro atoms. The first kappa shape index (κ1) is 23.7. The Morgan fingerprint density at radius 3 is 2.76 bits per heavy atom. The first-order valence-corrected chi connectivity index (χ1v) is 11.9. The van der Waals surface area contributed by atoms with Gasteiger partial charge in [-0.1, -0.05) is 35.3 Å². The number of hydrogen-bond acceptors (Lipinski definition) is 4. The predicted molar refractivity (Wildman–Crippen MR) is 131 cm³/mol. The van der Waals surface area contributed by atoms with E-state index in [1.54, 1.807) is 17.0 Å². The highest BCUT2D eigenvalue weighted by molar-refractivity contribution is 6.33. The Morgan fingerprint density at radius 2 is 1.97 bits per heavy atom. The van der Waals surface area contributed by atoms with Crippen LogP contribution in [0, 0.1) is 5.92 Å². The molecule has 0 bridgehead atoms. The Hall–Kier alpha value is -2.44. The molecule has 33 heavy (non-hydrogen) atoms. The molecule has 0 radical (unpaired) electrons. The highest BCUT2D eigenvalue weighted by Gasteiger charge is 2.28. The minimum atomic E-state index is -0.507. The van der Waals surface area contributed by atoms with E-state index in [0.29, 0.717) is 42.3 Å². The number of amides is 1. The van der Waals surface area contributed by atoms with Crippen LogP contribution in [0.1, 0.15) is 39.2 Å². The quantitative estimate of drug-likeness (QED) is 0.414. The van der Waals surface area contributed by atoms with Gasteiger partial charge in [-0.25, -0.2) is 4.79 Å². The minimum absolute atomic E-state index is 0.203. The lowest BCUT2D eigenvalue weighted by Gasteiger charge is -2.33. The standard InChI is InChI=1S/C25H29Cl2N3O3/c1-25(2,3)33-24(31)29-12-6-7-17(14-29)16-32-23-28-21-8-4-5-9-22(21)30(23)15-18-13-19(26)10-11-20(18)27/h4-5,8-11,13,17H,6-7,12,14-16H2,1-3H3/t17-/m1/s1. The molecule has 1 aliphatic rings. The number of likely N-dealkylation sites (tertiary alicyclic amines) is 1. The molecule has 2 aromatic carbocycles. The van der Waals surface area contributed by atoms with Crippen molar-refractivity contribution >= 4 is 40.3 Å². The van der Waals surface area contributed by atoms with Crippen LogP contribution in [0.4, 0.5) is 4.79 Å². The van der Waals surface area contributed by atoms with Crippen molar-refractivity contribution in [1.82, 2.24) is 14.5 Å². The molecule has 8 heteroatoms. The largest absolute Gasteiger partial charge is 0.464 e. The number of para-hydroxylation sites is 2. The molecule has 1 aromatic heterocycles. The van der Waals surface area contributed by atoms with Gasteiger partial charge < -0.3 is 14.4 Å². The smallest absolute Gasteiger partial charge is 0.410 e. The van der Waals surface area contributed by atoms with Gasteiger partial charge in [-0.2, -0.15) is 4.98 Å². The van der Waals surface area contributed by atoms with Gasteiger partial charge in [0.05, 0.1) is 24.2 Å². The molecule has 176 valence electrons. The van der Waals surface area contributed by atoms with Crippen molar-refractivity contribution in [2.24, 2.45) is 5.92 Å². The number of halogens is 2. The van der Waals surface area contributed by atoms with Gasteiger partial charge in [0, 0.05) is 29.1 Å². The number of imidazole rings is 1. The second kappa shape index (κ2) is 9.82. The molecule has 1 fully saturated rings. The van der Waals surface area contributed by atoms with Crippen LogP contribution in [0.15, 0.2) is 42.5 Å². The second-order valence-corrected chi connectivity index (χ2v) is 10.3. The Balaban J connectivity index is 1.50. The molecule has 1 saturated heterocycles. The van der Waals surface area contributed by atoms with E-state index >= 15 is 0 Å². The summed E-state index contributed by atoms with van der Waals surface area (Å²) in [5.74, 6) is 0.203. The van der Waals surface area contributed by atoms with Gasteiger partial charge in [0.1, 0.15) is 5.60 Å². The van der Waals surface area contributed by atoms with Gasteiger partial charge in [-0.3, -0.25) is 4.57 Å². The lowest BCUT2D eigenvalue weighted by atomic mass is 9.99. The summed E-state index contributed by atoms with van der Waals surface area (Å²) in [6, 6.07) is 13.9. The Labute approximate surface area is 204 Å². The Morgan fingerprint density at radius 1 is 1.18 bits per heavy atom. The summed E-state index contributed by atoms with van der Waals surface area (Å²) in [6.07, 6.45) is 1.64. The Kier molecular flexibility index (Phi) is 7.05. The average Bonchev–Trinajstić information content (AvgIpc) is 3.11. The zero-order valence-electron chi connectivity index (χ0n) is 19.2. The molecule has 1 aliphatic heterocycles. The molecule has 3 aromatic rings. The fraction of sp³-hybridized carbons (Fsp3) is 0.440. The third-order valence-electron chi connectivity index (χ3n) is 5.57. The summed E-state index contributed by atoms with van der Waals surface area (Å²) in [5.41, 5.74) is 2.20. The van der Waals surface area contributed by atoms with Gasteiger partial charge in [-0.15, -0.1) is 0 Å². The van der Waals surface area contributed by atoms with E-state index in [1.807, 2.05) is 55.7 Å². The van der Waals surface area contributed by atoms with Crippen molar-refractivity contribution in [2.75, 3.05) is 19.7 Å². The van der Waals surface area contributed by atoms with E-state index in [-0.39, 0.29) is 12.0 Å². The number of rotatable bonds is 5. The molecule has 4 rings (SSSR count). The van der Waals surface area contributed by atoms with Crippen LogP contribution in [0.2, 0.25) is 10.0 Å². The molecular weight excluding hydrogens is 461 g/mol. The van der Waals surface area contributed by atoms with Gasteiger partial charge in [0.2, 0.25) is 0 Å². The summed E-state index contributed by atoms with van der Waals surface area (Å²) >= 11 is 12.6. The second-order valence-electron chi connectivity index (χ2n) is 9.45. The van der Waals surface area contributed by atoms with E-state index in [9.17, 15) is 4.79 Å². The van der Waals surface area contributed by atoms with Gasteiger partial charge in [0.25, 0.3) is 6.01 Å². The number of nitrogens with zero attached hydrogens (tertiary/aromatic N) is 3. The first-order chi connectivity index (χ1) is 15.7. The van der Waals surface area contributed by atoms with E-state index in [4.69, 9.17) is 37.7 Å². The highest BCUT2D eigenvalue weighted by atomic mass is 35.5. The van der Waals surface area contributed by atoms with Crippen LogP contribution in [0.3, 0.4) is 0 Å². The highest BCUT2D eigenvalue weighted by Crippen LogP contribution is 2.28. The average molecular weight is 490 g/mol. The zero-order valence-corrected chi connectivity index (χ0v) is 20.7. The fourth-order valence-corrected chi connectivity index (χ4v) is 4.41. The molecule has 0 saturated carbocycles. The van der Waals surface area contributed by atoms with E-state index < -0.39 is 5.60 Å². The number of aromatic nitrogens is 2. The molecule has 1 amide bonds. The van der Waals surface area contributed by atoms with Crippen LogP contribution in [0.25, 0.3) is 11.0 Å². The summed E-state index contributed by atoms with van der Waals surface area (Å²) in [7, 11) is 0. The number of ether oxygens (including phenoxy) is 2. The maximum Gasteiger partial charge on any atom is 0.410 e. The van der Waals surface area contributed by atoms with Crippen molar-refractivity contribution in [3.63, 3.8) is 0 Å². The predicted octanol–water partition coefficient (Wildman–Crippen LogP) is 6.42. The molecule has 2 heterocycles. The number of carbonyl (C=O) groups is 1. The number of piperidine rings is 1. The van der Waals surface area contributed by atoms with Crippen LogP contribution in [0.5, 0.6) is 6.01 Å². The third-order valence-corrected chi connectivity index (χ3v) is 6.18. The van der Waals surface area contributed by atoms with Gasteiger partial charge >= 0.3 is 6.09 Å². The lowest BCUT2D eigenvalue weighted by molar-refractivity contribution is 0.0136. The summed E-state index contributed by atoms with van der Waals surface area (Å²) < 4.78 is 13.8. The number of fused-ring (bicyclic) bond motifs is 1. The monoisotopic (exact) mass is 489 g/mol. The van der Waals surface area contributed by atoms with Crippen molar-refractivity contribution in [1.29, 1.82) is 0 Å². The van der Waals surface area contributed by atoms with Crippen molar-refractivity contribution in [3.05, 3.63) is 58.1 Å². The lowest BCUT2D eigenvalue weighted by Crippen LogP contribution is -2.44. The van der Waals surface area contributed by atoms with Gasteiger partial charge in [-0.05, 0) is 69.5 Å². The van der Waals surface area contributed by atoms with E-state index in [2.05, 4.69) is 0 Å². The van der Waals surface area contributed by atoms with Crippen LogP contribution < -0.4 is 4.74 Å². The summed E-state index contributed by atoms with van der Waals surface area (Å²) in [6.45, 7) is 7.91. The fourth-order valence-electron chi connectivity index (χ4n) is 4.04. The Bertz CT molecular complexity index is 1140. The number of carbonyl (C=O) groups excluding carboxylic acids is 1.